The van der Waals surface area contributed by atoms with Gasteiger partial charge < -0.3 is 5.73 Å². The number of thiazole rings is 2. The molecule has 0 amide bonds. The van der Waals surface area contributed by atoms with Crippen molar-refractivity contribution in [3.05, 3.63) is 31.7 Å². The smallest absolute Gasteiger partial charge is 0.0999 e. The van der Waals surface area contributed by atoms with Crippen LogP contribution in [0.2, 0.25) is 0 Å². The van der Waals surface area contributed by atoms with Crippen molar-refractivity contribution in [3.8, 4) is 0 Å². The molecule has 0 saturated carbocycles. The molecule has 0 fully saturated rings. The Morgan fingerprint density at radius 3 is 2.69 bits per heavy atom. The maximum absolute atomic E-state index is 5.50. The van der Waals surface area contributed by atoms with Crippen LogP contribution < -0.4 is 5.73 Å². The van der Waals surface area contributed by atoms with Crippen LogP contribution in [0.25, 0.3) is 0 Å². The van der Waals surface area contributed by atoms with Crippen molar-refractivity contribution in [2.45, 2.75) is 26.7 Å². The molecule has 0 aliphatic rings. The van der Waals surface area contributed by atoms with Gasteiger partial charge in [0.15, 0.2) is 0 Å². The molecule has 3 nitrogen and oxygen atoms in total. The third kappa shape index (κ3) is 2.66. The number of aryl methyl sites for hydroxylation is 2. The van der Waals surface area contributed by atoms with E-state index in [2.05, 4.69) is 29.2 Å². The van der Waals surface area contributed by atoms with Gasteiger partial charge in [-0.2, -0.15) is 0 Å². The molecule has 0 bridgehead atoms. The fourth-order valence-electron chi connectivity index (χ4n) is 1.44. The predicted octanol–water partition coefficient (Wildman–Crippen LogP) is 2.31. The van der Waals surface area contributed by atoms with Crippen molar-refractivity contribution in [1.29, 1.82) is 0 Å². The van der Waals surface area contributed by atoms with Gasteiger partial charge in [0.25, 0.3) is 0 Å². The average molecular weight is 253 g/mol. The second-order valence-corrected chi connectivity index (χ2v) is 5.93. The van der Waals surface area contributed by atoms with E-state index in [0.29, 0.717) is 6.54 Å². The lowest BCUT2D eigenvalue weighted by molar-refractivity contribution is 0.921. The molecule has 0 aliphatic carbocycles. The predicted molar refractivity (Wildman–Crippen MR) is 69.3 cm³/mol. The molecule has 2 heterocycles. The van der Waals surface area contributed by atoms with E-state index in [0.717, 1.165) is 34.2 Å². The van der Waals surface area contributed by atoms with E-state index in [1.165, 1.54) is 4.88 Å². The van der Waals surface area contributed by atoms with Crippen LogP contribution in [0.3, 0.4) is 0 Å². The van der Waals surface area contributed by atoms with E-state index in [1.54, 1.807) is 22.7 Å². The van der Waals surface area contributed by atoms with Crippen molar-refractivity contribution in [3.63, 3.8) is 0 Å². The minimum Gasteiger partial charge on any atom is -0.330 e. The summed E-state index contributed by atoms with van der Waals surface area (Å²) in [5.41, 5.74) is 7.74. The molecular formula is C11H15N3S2. The topological polar surface area (TPSA) is 51.8 Å². The maximum atomic E-state index is 5.50. The minimum atomic E-state index is 0.665. The van der Waals surface area contributed by atoms with Gasteiger partial charge in [0, 0.05) is 16.7 Å². The molecule has 0 aliphatic heterocycles. The molecule has 16 heavy (non-hydrogen) atoms. The molecule has 0 aromatic carbocycles. The summed E-state index contributed by atoms with van der Waals surface area (Å²) in [5, 5.41) is 4.39. The first kappa shape index (κ1) is 11.7. The summed E-state index contributed by atoms with van der Waals surface area (Å²) in [6.07, 6.45) is 1.72. The van der Waals surface area contributed by atoms with Crippen LogP contribution >= 0.6 is 22.7 Å². The number of hydrogen-bond acceptors (Lipinski definition) is 5. The third-order valence-electron chi connectivity index (χ3n) is 2.38. The Morgan fingerprint density at radius 2 is 2.06 bits per heavy atom. The van der Waals surface area contributed by atoms with Crippen LogP contribution in [0.5, 0.6) is 0 Å². The molecule has 2 rings (SSSR count). The van der Waals surface area contributed by atoms with E-state index >= 15 is 0 Å². The molecule has 2 aromatic rings. The largest absolute Gasteiger partial charge is 0.330 e. The highest BCUT2D eigenvalue weighted by Crippen LogP contribution is 2.21. The lowest BCUT2D eigenvalue weighted by atomic mass is 10.3. The van der Waals surface area contributed by atoms with Crippen molar-refractivity contribution in [2.75, 3.05) is 6.54 Å². The summed E-state index contributed by atoms with van der Waals surface area (Å²) in [6.45, 7) is 4.83. The fraction of sp³-hybridized carbons (Fsp3) is 0.455. The second kappa shape index (κ2) is 5.03. The van der Waals surface area contributed by atoms with Crippen LogP contribution in [-0.2, 0) is 12.8 Å². The van der Waals surface area contributed by atoms with Crippen molar-refractivity contribution in [2.24, 2.45) is 5.73 Å². The second-order valence-electron chi connectivity index (χ2n) is 3.70. The zero-order valence-electron chi connectivity index (χ0n) is 9.49. The van der Waals surface area contributed by atoms with E-state index in [4.69, 9.17) is 5.73 Å². The number of hydrogen-bond donors (Lipinski definition) is 1. The highest BCUT2D eigenvalue weighted by molar-refractivity contribution is 7.12. The van der Waals surface area contributed by atoms with Crippen LogP contribution in [0.4, 0.5) is 0 Å². The number of nitrogens with zero attached hydrogens (tertiary/aromatic N) is 2. The Morgan fingerprint density at radius 1 is 1.25 bits per heavy atom. The molecule has 2 N–H and O–H groups in total. The highest BCUT2D eigenvalue weighted by atomic mass is 32.1. The highest BCUT2D eigenvalue weighted by Gasteiger charge is 2.07. The van der Waals surface area contributed by atoms with Gasteiger partial charge in [-0.3, -0.25) is 0 Å². The Bertz CT molecular complexity index is 454. The Kier molecular flexibility index (Phi) is 3.68. The molecule has 0 unspecified atom stereocenters. The van der Waals surface area contributed by atoms with Gasteiger partial charge in [0.05, 0.1) is 27.8 Å². The monoisotopic (exact) mass is 253 g/mol. The van der Waals surface area contributed by atoms with E-state index in [1.807, 2.05) is 0 Å². The lowest BCUT2D eigenvalue weighted by Gasteiger charge is -1.91. The molecule has 0 spiro atoms. The van der Waals surface area contributed by atoms with Gasteiger partial charge in [0.1, 0.15) is 0 Å². The first-order chi connectivity index (χ1) is 7.69. The maximum Gasteiger partial charge on any atom is 0.0999 e. The molecule has 86 valence electrons. The van der Waals surface area contributed by atoms with Crippen molar-refractivity contribution < 1.29 is 0 Å². The van der Waals surface area contributed by atoms with Crippen LogP contribution in [0, 0.1) is 13.8 Å². The van der Waals surface area contributed by atoms with Gasteiger partial charge in [0.2, 0.25) is 0 Å². The standard InChI is InChI=1S/C11H15N3S2/c1-7-8(2)16-11(13-7)5-10-14-9(3-4-12)6-15-10/h6H,3-5,12H2,1-2H3. The fourth-order valence-corrected chi connectivity index (χ4v) is 3.30. The zero-order valence-corrected chi connectivity index (χ0v) is 11.1. The van der Waals surface area contributed by atoms with E-state index in [9.17, 15) is 0 Å². The van der Waals surface area contributed by atoms with Gasteiger partial charge in [-0.25, -0.2) is 9.97 Å². The number of nitrogens with two attached hydrogens (primary N) is 1. The van der Waals surface area contributed by atoms with Crippen molar-refractivity contribution in [1.82, 2.24) is 9.97 Å². The van der Waals surface area contributed by atoms with E-state index in [-0.39, 0.29) is 0 Å². The minimum absolute atomic E-state index is 0.665. The lowest BCUT2D eigenvalue weighted by Crippen LogP contribution is -2.02. The summed E-state index contributed by atoms with van der Waals surface area (Å²) in [5.74, 6) is 0. The van der Waals surface area contributed by atoms with E-state index < -0.39 is 0 Å². The first-order valence-corrected chi connectivity index (χ1v) is 6.95. The quantitative estimate of drug-likeness (QED) is 0.909. The summed E-state index contributed by atoms with van der Waals surface area (Å²) >= 11 is 3.46. The summed E-state index contributed by atoms with van der Waals surface area (Å²) < 4.78 is 0. The van der Waals surface area contributed by atoms with Crippen LogP contribution in [0.1, 0.15) is 26.3 Å². The summed E-state index contributed by atoms with van der Waals surface area (Å²) in [6, 6.07) is 0. The molecule has 0 saturated heterocycles. The zero-order chi connectivity index (χ0) is 11.5. The van der Waals surface area contributed by atoms with Gasteiger partial charge in [-0.15, -0.1) is 22.7 Å². The summed E-state index contributed by atoms with van der Waals surface area (Å²) in [7, 11) is 0. The normalized spacial score (nSPS) is 10.9. The third-order valence-corrected chi connectivity index (χ3v) is 4.35. The molecule has 0 radical (unpaired) electrons. The molecular weight excluding hydrogens is 238 g/mol. The summed E-state index contributed by atoms with van der Waals surface area (Å²) in [4.78, 5) is 10.4. The molecule has 2 aromatic heterocycles. The molecule has 0 atom stereocenters. The van der Waals surface area contributed by atoms with Crippen molar-refractivity contribution >= 4 is 22.7 Å². The van der Waals surface area contributed by atoms with Gasteiger partial charge in [-0.05, 0) is 20.4 Å². The number of aromatic nitrogens is 2. The Labute approximate surface area is 103 Å². The van der Waals surface area contributed by atoms with Crippen LogP contribution in [-0.4, -0.2) is 16.5 Å². The Balaban J connectivity index is 2.08. The SMILES string of the molecule is Cc1nc(Cc2nc(CCN)cs2)sc1C. The average Bonchev–Trinajstić information content (AvgIpc) is 2.77. The number of rotatable bonds is 4. The molecule has 5 heteroatoms. The Hall–Kier alpha value is -0.780. The first-order valence-electron chi connectivity index (χ1n) is 5.25. The van der Waals surface area contributed by atoms with Gasteiger partial charge in [-0.1, -0.05) is 0 Å². The van der Waals surface area contributed by atoms with Crippen LogP contribution in [0.15, 0.2) is 5.38 Å². The van der Waals surface area contributed by atoms with Gasteiger partial charge >= 0.3 is 0 Å².